The maximum atomic E-state index is 4.50. The van der Waals surface area contributed by atoms with Crippen LogP contribution in [0.25, 0.3) is 0 Å². The molecule has 0 radical (unpaired) electrons. The SMILES string of the molecule is CC(C)(C)c1cc(CN2CCCC[C@H]2CCn2cccn2)[nH]n1. The van der Waals surface area contributed by atoms with Crippen LogP contribution < -0.4 is 0 Å². The van der Waals surface area contributed by atoms with Gasteiger partial charge in [-0.25, -0.2) is 0 Å². The molecule has 2 aromatic rings. The normalized spacial score (nSPS) is 20.0. The van der Waals surface area contributed by atoms with Gasteiger partial charge in [-0.2, -0.15) is 10.2 Å². The highest BCUT2D eigenvalue weighted by molar-refractivity contribution is 5.16. The number of nitrogens with zero attached hydrogens (tertiary/aromatic N) is 4. The molecule has 0 unspecified atom stereocenters. The first-order chi connectivity index (χ1) is 11.0. The second-order valence-electron chi connectivity index (χ2n) is 7.71. The third-order valence-corrected chi connectivity index (χ3v) is 4.77. The highest BCUT2D eigenvalue weighted by Crippen LogP contribution is 2.24. The maximum Gasteiger partial charge on any atom is 0.0678 e. The fourth-order valence-corrected chi connectivity index (χ4v) is 3.35. The standard InChI is InChI=1S/C18H29N5/c1-18(2,3)17-13-15(20-21-17)14-22-10-5-4-7-16(22)8-12-23-11-6-9-19-23/h6,9,11,13,16H,4-5,7-8,10,12,14H2,1-3H3,(H,20,21)/t16-/m0/s1. The van der Waals surface area contributed by atoms with Crippen molar-refractivity contribution >= 4 is 0 Å². The van der Waals surface area contributed by atoms with Gasteiger partial charge in [0.2, 0.25) is 0 Å². The summed E-state index contributed by atoms with van der Waals surface area (Å²) in [6.45, 7) is 9.80. The fourth-order valence-electron chi connectivity index (χ4n) is 3.35. The molecule has 0 bridgehead atoms. The topological polar surface area (TPSA) is 49.7 Å². The van der Waals surface area contributed by atoms with Gasteiger partial charge in [-0.15, -0.1) is 0 Å². The van der Waals surface area contributed by atoms with Gasteiger partial charge in [0.25, 0.3) is 0 Å². The molecule has 0 spiro atoms. The third kappa shape index (κ3) is 4.22. The summed E-state index contributed by atoms with van der Waals surface area (Å²) in [7, 11) is 0. The molecule has 1 aliphatic rings. The van der Waals surface area contributed by atoms with E-state index in [1.165, 1.54) is 37.9 Å². The van der Waals surface area contributed by atoms with Crippen molar-refractivity contribution in [3.8, 4) is 0 Å². The smallest absolute Gasteiger partial charge is 0.0678 e. The monoisotopic (exact) mass is 315 g/mol. The van der Waals surface area contributed by atoms with Gasteiger partial charge in [0.1, 0.15) is 0 Å². The molecule has 0 amide bonds. The Bertz CT molecular complexity index is 593. The van der Waals surface area contributed by atoms with E-state index < -0.39 is 0 Å². The van der Waals surface area contributed by atoms with Crippen molar-refractivity contribution < 1.29 is 0 Å². The van der Waals surface area contributed by atoms with Crippen LogP contribution in [-0.4, -0.2) is 37.5 Å². The van der Waals surface area contributed by atoms with E-state index in [-0.39, 0.29) is 5.41 Å². The Labute approximate surface area is 139 Å². The largest absolute Gasteiger partial charge is 0.295 e. The molecule has 126 valence electrons. The molecule has 2 aromatic heterocycles. The minimum absolute atomic E-state index is 0.107. The van der Waals surface area contributed by atoms with Crippen LogP contribution in [-0.2, 0) is 18.5 Å². The van der Waals surface area contributed by atoms with Crippen molar-refractivity contribution in [3.63, 3.8) is 0 Å². The van der Waals surface area contributed by atoms with E-state index in [0.29, 0.717) is 6.04 Å². The minimum Gasteiger partial charge on any atom is -0.295 e. The second-order valence-corrected chi connectivity index (χ2v) is 7.71. The summed E-state index contributed by atoms with van der Waals surface area (Å²) in [4.78, 5) is 2.62. The molecule has 1 fully saturated rings. The van der Waals surface area contributed by atoms with Gasteiger partial charge in [-0.3, -0.25) is 14.7 Å². The first kappa shape index (κ1) is 16.2. The number of aromatic nitrogens is 4. The zero-order chi connectivity index (χ0) is 16.3. The zero-order valence-electron chi connectivity index (χ0n) is 14.6. The van der Waals surface area contributed by atoms with E-state index in [1.54, 1.807) is 0 Å². The first-order valence-electron chi connectivity index (χ1n) is 8.78. The highest BCUT2D eigenvalue weighted by atomic mass is 15.3. The molecule has 1 aliphatic heterocycles. The van der Waals surface area contributed by atoms with Crippen LogP contribution in [0.5, 0.6) is 0 Å². The van der Waals surface area contributed by atoms with Gasteiger partial charge >= 0.3 is 0 Å². The Hall–Kier alpha value is -1.62. The van der Waals surface area contributed by atoms with Crippen LogP contribution in [0.4, 0.5) is 0 Å². The number of nitrogens with one attached hydrogen (secondary N) is 1. The lowest BCUT2D eigenvalue weighted by molar-refractivity contribution is 0.126. The Morgan fingerprint density at radius 3 is 2.87 bits per heavy atom. The number of aromatic amines is 1. The summed E-state index contributed by atoms with van der Waals surface area (Å²) in [5, 5.41) is 12.1. The lowest BCUT2D eigenvalue weighted by atomic mass is 9.92. The highest BCUT2D eigenvalue weighted by Gasteiger charge is 2.24. The lowest BCUT2D eigenvalue weighted by Crippen LogP contribution is -2.39. The predicted molar refractivity (Wildman–Crippen MR) is 92.2 cm³/mol. The summed E-state index contributed by atoms with van der Waals surface area (Å²) in [5.41, 5.74) is 2.49. The van der Waals surface area contributed by atoms with Crippen LogP contribution >= 0.6 is 0 Å². The van der Waals surface area contributed by atoms with E-state index in [1.807, 2.05) is 16.9 Å². The van der Waals surface area contributed by atoms with Crippen LogP contribution in [0.15, 0.2) is 24.5 Å². The van der Waals surface area contributed by atoms with Crippen molar-refractivity contribution in [3.05, 3.63) is 35.9 Å². The molecule has 0 saturated carbocycles. The predicted octanol–water partition coefficient (Wildman–Crippen LogP) is 3.35. The number of H-pyrrole nitrogens is 1. The van der Waals surface area contributed by atoms with Crippen molar-refractivity contribution in [2.24, 2.45) is 0 Å². The average Bonchev–Trinajstić information content (AvgIpc) is 3.17. The summed E-state index contributed by atoms with van der Waals surface area (Å²) < 4.78 is 2.04. The Morgan fingerprint density at radius 1 is 1.30 bits per heavy atom. The second kappa shape index (κ2) is 6.87. The molecule has 3 heterocycles. The van der Waals surface area contributed by atoms with Crippen molar-refractivity contribution in [2.45, 2.75) is 71.0 Å². The number of rotatable bonds is 5. The lowest BCUT2D eigenvalue weighted by Gasteiger charge is -2.35. The molecule has 1 N–H and O–H groups in total. The van der Waals surface area contributed by atoms with Gasteiger partial charge in [-0.05, 0) is 37.9 Å². The number of piperidine rings is 1. The van der Waals surface area contributed by atoms with Gasteiger partial charge in [0.05, 0.1) is 5.69 Å². The summed E-state index contributed by atoms with van der Waals surface area (Å²) in [5.74, 6) is 0. The number of aryl methyl sites for hydroxylation is 1. The van der Waals surface area contributed by atoms with Gasteiger partial charge in [-0.1, -0.05) is 27.2 Å². The van der Waals surface area contributed by atoms with Gasteiger partial charge < -0.3 is 0 Å². The molecular formula is C18H29N5. The molecule has 5 nitrogen and oxygen atoms in total. The first-order valence-corrected chi connectivity index (χ1v) is 8.78. The molecule has 5 heteroatoms. The Kier molecular flexibility index (Phi) is 4.85. The number of likely N-dealkylation sites (tertiary alicyclic amines) is 1. The molecule has 23 heavy (non-hydrogen) atoms. The fraction of sp³-hybridized carbons (Fsp3) is 0.667. The molecule has 3 rings (SSSR count). The van der Waals surface area contributed by atoms with Crippen LogP contribution in [0.2, 0.25) is 0 Å². The molecule has 1 saturated heterocycles. The van der Waals surface area contributed by atoms with E-state index >= 15 is 0 Å². The minimum atomic E-state index is 0.107. The van der Waals surface area contributed by atoms with Gasteiger partial charge in [0.15, 0.2) is 0 Å². The summed E-state index contributed by atoms with van der Waals surface area (Å²) in [6, 6.07) is 4.88. The van der Waals surface area contributed by atoms with E-state index in [9.17, 15) is 0 Å². The third-order valence-electron chi connectivity index (χ3n) is 4.77. The van der Waals surface area contributed by atoms with Crippen molar-refractivity contribution in [1.29, 1.82) is 0 Å². The summed E-state index contributed by atoms with van der Waals surface area (Å²) in [6.07, 6.45) is 9.02. The zero-order valence-corrected chi connectivity index (χ0v) is 14.6. The van der Waals surface area contributed by atoms with Crippen molar-refractivity contribution in [2.75, 3.05) is 6.54 Å². The summed E-state index contributed by atoms with van der Waals surface area (Å²) >= 11 is 0. The van der Waals surface area contributed by atoms with Crippen molar-refractivity contribution in [1.82, 2.24) is 24.9 Å². The van der Waals surface area contributed by atoms with Gasteiger partial charge in [0, 0.05) is 42.6 Å². The molecule has 1 atom stereocenters. The Balaban J connectivity index is 1.61. The average molecular weight is 315 g/mol. The molecule has 0 aliphatic carbocycles. The van der Waals surface area contributed by atoms with E-state index in [4.69, 9.17) is 0 Å². The Morgan fingerprint density at radius 2 is 2.17 bits per heavy atom. The number of hydrogen-bond acceptors (Lipinski definition) is 3. The van der Waals surface area contributed by atoms with Crippen LogP contribution in [0, 0.1) is 0 Å². The van der Waals surface area contributed by atoms with Crippen LogP contribution in [0.3, 0.4) is 0 Å². The van der Waals surface area contributed by atoms with E-state index in [2.05, 4.69) is 53.2 Å². The molecule has 0 aromatic carbocycles. The quantitative estimate of drug-likeness (QED) is 0.920. The van der Waals surface area contributed by atoms with E-state index in [0.717, 1.165) is 18.8 Å². The van der Waals surface area contributed by atoms with Crippen LogP contribution in [0.1, 0.15) is 57.8 Å². The molecular weight excluding hydrogens is 286 g/mol. The number of hydrogen-bond donors (Lipinski definition) is 1. The maximum absolute atomic E-state index is 4.50.